The van der Waals surface area contributed by atoms with E-state index in [1.54, 1.807) is 4.68 Å². The molecule has 0 aliphatic carbocycles. The van der Waals surface area contributed by atoms with Crippen LogP contribution >= 0.6 is 0 Å². The molecule has 1 unspecified atom stereocenters. The third kappa shape index (κ3) is 5.87. The van der Waals surface area contributed by atoms with E-state index in [4.69, 9.17) is 0 Å². The molecule has 0 radical (unpaired) electrons. The molecule has 6 heteroatoms. The van der Waals surface area contributed by atoms with E-state index in [-0.39, 0.29) is 29.9 Å². The maximum atomic E-state index is 14.0. The van der Waals surface area contributed by atoms with Gasteiger partial charge in [0, 0.05) is 18.5 Å². The van der Waals surface area contributed by atoms with Crippen LogP contribution in [0.3, 0.4) is 0 Å². The Morgan fingerprint density at radius 3 is 2.05 bits per heavy atom. The number of carbonyl (C=O) groups is 1. The van der Waals surface area contributed by atoms with Crippen LogP contribution in [0, 0.1) is 0 Å². The summed E-state index contributed by atoms with van der Waals surface area (Å²) in [6.45, 7) is 2.69. The molecule has 0 spiro atoms. The molecular weight excluding hydrogens is 474 g/mol. The minimum absolute atomic E-state index is 0.182. The number of ketones is 1. The number of piperidine rings is 1. The lowest BCUT2D eigenvalue weighted by Gasteiger charge is -2.29. The number of nitrogens with zero attached hydrogens (tertiary/aromatic N) is 3. The summed E-state index contributed by atoms with van der Waals surface area (Å²) in [5, 5.41) is 11.2. The highest BCUT2D eigenvalue weighted by molar-refractivity contribution is 6.01. The molecule has 1 atom stereocenters. The van der Waals surface area contributed by atoms with Gasteiger partial charge in [0.2, 0.25) is 0 Å². The van der Waals surface area contributed by atoms with Crippen molar-refractivity contribution in [2.45, 2.75) is 44.8 Å². The number of para-hydroxylation sites is 1. The molecule has 196 valence electrons. The van der Waals surface area contributed by atoms with Crippen LogP contribution in [0.25, 0.3) is 16.9 Å². The van der Waals surface area contributed by atoms with Gasteiger partial charge in [0.1, 0.15) is 5.56 Å². The monoisotopic (exact) mass is 509 g/mol. The summed E-state index contributed by atoms with van der Waals surface area (Å²) in [6, 6.07) is 28.8. The molecule has 1 N–H and O–H groups in total. The lowest BCUT2D eigenvalue weighted by Crippen LogP contribution is -2.39. The second kappa shape index (κ2) is 12.2. The van der Waals surface area contributed by atoms with Gasteiger partial charge in [0.05, 0.1) is 24.0 Å². The molecule has 3 aromatic carbocycles. The van der Waals surface area contributed by atoms with Crippen molar-refractivity contribution in [3.05, 3.63) is 112 Å². The Hall–Kier alpha value is -3.74. The first-order valence-corrected chi connectivity index (χ1v) is 13.6. The van der Waals surface area contributed by atoms with Gasteiger partial charge in [-0.25, -0.2) is 4.68 Å². The fourth-order valence-electron chi connectivity index (χ4n) is 5.41. The zero-order valence-corrected chi connectivity index (χ0v) is 21.7. The second-order valence-corrected chi connectivity index (χ2v) is 10.0. The van der Waals surface area contributed by atoms with E-state index >= 15 is 0 Å². The smallest absolute Gasteiger partial charge is 0.282 e. The molecule has 6 nitrogen and oxygen atoms in total. The molecule has 5 rings (SSSR count). The average molecular weight is 510 g/mol. The summed E-state index contributed by atoms with van der Waals surface area (Å²) in [7, 11) is 0. The van der Waals surface area contributed by atoms with Crippen molar-refractivity contribution in [3.8, 4) is 16.9 Å². The zero-order chi connectivity index (χ0) is 26.3. The van der Waals surface area contributed by atoms with E-state index in [0.717, 1.165) is 37.1 Å². The van der Waals surface area contributed by atoms with E-state index < -0.39 is 6.10 Å². The highest BCUT2D eigenvalue weighted by atomic mass is 16.3. The summed E-state index contributed by atoms with van der Waals surface area (Å²) < 4.78 is 3.38. The van der Waals surface area contributed by atoms with Crippen LogP contribution in [0.1, 0.15) is 41.6 Å². The average Bonchev–Trinajstić information content (AvgIpc) is 3.25. The van der Waals surface area contributed by atoms with Gasteiger partial charge in [-0.1, -0.05) is 85.3 Å². The summed E-state index contributed by atoms with van der Waals surface area (Å²) in [5.74, 6) is -0.188. The molecule has 1 fully saturated rings. The van der Waals surface area contributed by atoms with Crippen LogP contribution in [0.5, 0.6) is 0 Å². The van der Waals surface area contributed by atoms with Gasteiger partial charge in [-0.2, -0.15) is 0 Å². The number of aliphatic hydroxyl groups is 1. The van der Waals surface area contributed by atoms with E-state index in [0.29, 0.717) is 24.3 Å². The molecule has 4 aromatic rings. The first-order valence-electron chi connectivity index (χ1n) is 13.6. The van der Waals surface area contributed by atoms with Gasteiger partial charge in [-0.15, -0.1) is 0 Å². The van der Waals surface area contributed by atoms with Crippen LogP contribution in [-0.4, -0.2) is 50.9 Å². The van der Waals surface area contributed by atoms with E-state index in [9.17, 15) is 14.7 Å². The molecule has 1 aliphatic heterocycles. The zero-order valence-electron chi connectivity index (χ0n) is 21.7. The standard InChI is InChI=1S/C32H35N3O3/c36-28(23-33-21-11-4-12-22-33)24-34-31(26-15-7-2-8-16-26)30(29(37)20-19-25-13-5-1-6-14-25)32(38)35(34)27-17-9-3-10-18-27/h1-3,5-10,13-18,28,36H,4,11-12,19-24H2. The number of rotatable bonds is 10. The number of hydrogen-bond acceptors (Lipinski definition) is 4. The number of β-amino-alcohol motifs (C(OH)–C–C–N with tert-alkyl or cyclic N) is 1. The van der Waals surface area contributed by atoms with Crippen molar-refractivity contribution in [1.82, 2.24) is 14.3 Å². The minimum Gasteiger partial charge on any atom is -0.390 e. The van der Waals surface area contributed by atoms with Crippen molar-refractivity contribution >= 4 is 5.78 Å². The largest absolute Gasteiger partial charge is 0.390 e. The number of benzene rings is 3. The maximum Gasteiger partial charge on any atom is 0.282 e. The quantitative estimate of drug-likeness (QED) is 0.307. The lowest BCUT2D eigenvalue weighted by atomic mass is 10.00. The first-order chi connectivity index (χ1) is 18.6. The van der Waals surface area contributed by atoms with Gasteiger partial charge in [0.15, 0.2) is 5.78 Å². The second-order valence-electron chi connectivity index (χ2n) is 10.0. The van der Waals surface area contributed by atoms with Crippen LogP contribution in [0.4, 0.5) is 0 Å². The maximum absolute atomic E-state index is 14.0. The Kier molecular flexibility index (Phi) is 8.31. The Morgan fingerprint density at radius 2 is 1.39 bits per heavy atom. The number of aliphatic hydroxyl groups excluding tert-OH is 1. The van der Waals surface area contributed by atoms with E-state index in [1.807, 2.05) is 95.7 Å². The van der Waals surface area contributed by atoms with Crippen molar-refractivity contribution in [2.24, 2.45) is 0 Å². The number of aromatic nitrogens is 2. The van der Waals surface area contributed by atoms with Gasteiger partial charge < -0.3 is 10.0 Å². The Bertz CT molecular complexity index is 1390. The third-order valence-electron chi connectivity index (χ3n) is 7.25. The molecule has 0 amide bonds. The Balaban J connectivity index is 1.58. The van der Waals surface area contributed by atoms with Crippen LogP contribution in [0.15, 0.2) is 95.8 Å². The molecule has 1 saturated heterocycles. The summed E-state index contributed by atoms with van der Waals surface area (Å²) >= 11 is 0. The molecule has 2 heterocycles. The predicted octanol–water partition coefficient (Wildman–Crippen LogP) is 4.97. The molecule has 1 aromatic heterocycles. The van der Waals surface area contributed by atoms with Gasteiger partial charge in [0.25, 0.3) is 5.56 Å². The summed E-state index contributed by atoms with van der Waals surface area (Å²) in [4.78, 5) is 30.1. The number of carbonyl (C=O) groups excluding carboxylic acids is 1. The predicted molar refractivity (Wildman–Crippen MR) is 151 cm³/mol. The SMILES string of the molecule is O=C(CCc1ccccc1)c1c(-c2ccccc2)n(CC(O)CN2CCCCC2)n(-c2ccccc2)c1=O. The molecule has 1 aliphatic rings. The number of Topliss-reactive ketones (excluding diaryl/α,β-unsaturated/α-hetero) is 1. The number of likely N-dealkylation sites (tertiary alicyclic amines) is 1. The number of hydrogen-bond donors (Lipinski definition) is 1. The molecule has 0 saturated carbocycles. The van der Waals surface area contributed by atoms with E-state index in [2.05, 4.69) is 4.90 Å². The topological polar surface area (TPSA) is 67.5 Å². The summed E-state index contributed by atoms with van der Waals surface area (Å²) in [6.07, 6.45) is 3.60. The van der Waals surface area contributed by atoms with Gasteiger partial charge in [-0.05, 0) is 50.0 Å². The van der Waals surface area contributed by atoms with Crippen molar-refractivity contribution in [3.63, 3.8) is 0 Å². The minimum atomic E-state index is -0.690. The fraction of sp³-hybridized carbons (Fsp3) is 0.312. The molecule has 0 bridgehead atoms. The van der Waals surface area contributed by atoms with Gasteiger partial charge >= 0.3 is 0 Å². The normalized spacial score (nSPS) is 14.9. The lowest BCUT2D eigenvalue weighted by molar-refractivity contribution is 0.0842. The highest BCUT2D eigenvalue weighted by Crippen LogP contribution is 2.26. The molecule has 38 heavy (non-hydrogen) atoms. The Morgan fingerprint density at radius 1 is 0.789 bits per heavy atom. The third-order valence-corrected chi connectivity index (χ3v) is 7.25. The first kappa shape index (κ1) is 25.9. The van der Waals surface area contributed by atoms with Crippen LogP contribution < -0.4 is 5.56 Å². The van der Waals surface area contributed by atoms with Crippen LogP contribution in [-0.2, 0) is 13.0 Å². The van der Waals surface area contributed by atoms with Gasteiger partial charge in [-0.3, -0.25) is 14.3 Å². The molecular formula is C32H35N3O3. The van der Waals surface area contributed by atoms with Crippen LogP contribution in [0.2, 0.25) is 0 Å². The Labute approximate surface area is 223 Å². The van der Waals surface area contributed by atoms with Crippen molar-refractivity contribution in [2.75, 3.05) is 19.6 Å². The number of aryl methyl sites for hydroxylation is 1. The van der Waals surface area contributed by atoms with Crippen molar-refractivity contribution in [1.29, 1.82) is 0 Å². The summed E-state index contributed by atoms with van der Waals surface area (Å²) in [5.41, 5.74) is 2.91. The highest BCUT2D eigenvalue weighted by Gasteiger charge is 2.28. The van der Waals surface area contributed by atoms with Crippen molar-refractivity contribution < 1.29 is 9.90 Å². The van der Waals surface area contributed by atoms with E-state index in [1.165, 1.54) is 6.42 Å². The fourth-order valence-corrected chi connectivity index (χ4v) is 5.41.